The van der Waals surface area contributed by atoms with Crippen LogP contribution in [0.15, 0.2) is 37.0 Å². The Morgan fingerprint density at radius 3 is 2.64 bits per heavy atom. The van der Waals surface area contributed by atoms with E-state index >= 15 is 0 Å². The van der Waals surface area contributed by atoms with Crippen molar-refractivity contribution in [3.8, 4) is 0 Å². The van der Waals surface area contributed by atoms with E-state index in [1.807, 2.05) is 17.1 Å². The van der Waals surface area contributed by atoms with Gasteiger partial charge in [-0.3, -0.25) is 4.79 Å². The van der Waals surface area contributed by atoms with Gasteiger partial charge < -0.3 is 4.90 Å². The van der Waals surface area contributed by atoms with Crippen LogP contribution in [0.4, 0.5) is 0 Å². The lowest BCUT2D eigenvalue weighted by atomic mass is 9.98. The van der Waals surface area contributed by atoms with Gasteiger partial charge in [0.25, 0.3) is 0 Å². The highest BCUT2D eigenvalue weighted by Gasteiger charge is 2.25. The fraction of sp³-hybridized carbons (Fsp3) is 0.417. The molecule has 1 unspecified atom stereocenters. The van der Waals surface area contributed by atoms with Crippen LogP contribution in [0, 0.1) is 5.92 Å². The Labute approximate surface area is 85.6 Å². The number of allylic oxidation sites excluding steroid dienone is 3. The Bertz CT molecular complexity index is 278. The monoisotopic (exact) mass is 191 g/mol. The van der Waals surface area contributed by atoms with E-state index in [9.17, 15) is 4.79 Å². The van der Waals surface area contributed by atoms with E-state index in [0.717, 1.165) is 19.5 Å². The summed E-state index contributed by atoms with van der Waals surface area (Å²) in [5.41, 5.74) is 1.18. The van der Waals surface area contributed by atoms with Gasteiger partial charge in [0.2, 0.25) is 5.91 Å². The van der Waals surface area contributed by atoms with Gasteiger partial charge in [-0.1, -0.05) is 31.4 Å². The maximum atomic E-state index is 11.1. The van der Waals surface area contributed by atoms with Crippen molar-refractivity contribution < 1.29 is 4.79 Å². The van der Waals surface area contributed by atoms with Gasteiger partial charge in [-0.25, -0.2) is 0 Å². The molecule has 1 aliphatic heterocycles. The normalized spacial score (nSPS) is 22.2. The molecule has 2 nitrogen and oxygen atoms in total. The molecule has 0 saturated carbocycles. The van der Waals surface area contributed by atoms with E-state index in [1.165, 1.54) is 5.57 Å². The van der Waals surface area contributed by atoms with Crippen LogP contribution in [0.25, 0.3) is 0 Å². The molecule has 1 rings (SSSR count). The minimum Gasteiger partial charge on any atom is -0.342 e. The fourth-order valence-corrected chi connectivity index (χ4v) is 1.83. The minimum atomic E-state index is 0.162. The molecule has 1 aliphatic rings. The van der Waals surface area contributed by atoms with Crippen LogP contribution in [-0.2, 0) is 4.79 Å². The number of carbonyl (C=O) groups excluding carboxylic acids is 1. The van der Waals surface area contributed by atoms with Crippen molar-refractivity contribution in [2.75, 3.05) is 13.1 Å². The zero-order chi connectivity index (χ0) is 10.6. The molecule has 1 saturated heterocycles. The zero-order valence-electron chi connectivity index (χ0n) is 8.70. The van der Waals surface area contributed by atoms with Crippen molar-refractivity contribution in [1.29, 1.82) is 0 Å². The van der Waals surface area contributed by atoms with E-state index in [4.69, 9.17) is 0 Å². The van der Waals surface area contributed by atoms with E-state index in [1.54, 1.807) is 13.0 Å². The molecular formula is C12H17NO. The highest BCUT2D eigenvalue weighted by atomic mass is 16.2. The summed E-state index contributed by atoms with van der Waals surface area (Å²) in [5.74, 6) is 0.601. The number of likely N-dealkylation sites (tertiary alicyclic amines) is 1. The topological polar surface area (TPSA) is 20.3 Å². The molecule has 0 aromatic heterocycles. The lowest BCUT2D eigenvalue weighted by molar-refractivity contribution is -0.127. The van der Waals surface area contributed by atoms with E-state index in [0.29, 0.717) is 5.92 Å². The first-order valence-electron chi connectivity index (χ1n) is 4.89. The maximum absolute atomic E-state index is 11.1. The second kappa shape index (κ2) is 4.80. The highest BCUT2D eigenvalue weighted by Crippen LogP contribution is 2.24. The van der Waals surface area contributed by atoms with E-state index in [2.05, 4.69) is 13.2 Å². The van der Waals surface area contributed by atoms with Crippen LogP contribution in [0.1, 0.15) is 13.3 Å². The second-order valence-corrected chi connectivity index (χ2v) is 3.56. The average molecular weight is 191 g/mol. The molecule has 2 heteroatoms. The molecule has 1 amide bonds. The third kappa shape index (κ3) is 2.34. The predicted octanol–water partition coefficient (Wildman–Crippen LogP) is 2.15. The van der Waals surface area contributed by atoms with Crippen molar-refractivity contribution in [1.82, 2.24) is 4.90 Å². The first-order valence-corrected chi connectivity index (χ1v) is 4.89. The van der Waals surface area contributed by atoms with Crippen LogP contribution in [0.2, 0.25) is 0 Å². The fourth-order valence-electron chi connectivity index (χ4n) is 1.83. The Morgan fingerprint density at radius 1 is 1.50 bits per heavy atom. The number of hydrogen-bond donors (Lipinski definition) is 0. The Hall–Kier alpha value is -1.31. The highest BCUT2D eigenvalue weighted by molar-refractivity contribution is 5.73. The van der Waals surface area contributed by atoms with E-state index in [-0.39, 0.29) is 5.91 Å². The van der Waals surface area contributed by atoms with Gasteiger partial charge in [-0.2, -0.15) is 0 Å². The number of rotatable bonds is 3. The molecule has 0 radical (unpaired) electrons. The summed E-state index contributed by atoms with van der Waals surface area (Å²) in [4.78, 5) is 13.0. The Morgan fingerprint density at radius 2 is 2.21 bits per heavy atom. The van der Waals surface area contributed by atoms with Gasteiger partial charge in [-0.15, -0.1) is 0 Å². The summed E-state index contributed by atoms with van der Waals surface area (Å²) in [6.07, 6.45) is 6.63. The molecule has 0 bridgehead atoms. The summed E-state index contributed by atoms with van der Waals surface area (Å²) >= 11 is 0. The zero-order valence-corrected chi connectivity index (χ0v) is 8.70. The predicted molar refractivity (Wildman–Crippen MR) is 58.8 cm³/mol. The average Bonchev–Trinajstić information content (AvgIpc) is 2.63. The minimum absolute atomic E-state index is 0.162. The quantitative estimate of drug-likeness (QED) is 0.626. The molecule has 1 atom stereocenters. The van der Waals surface area contributed by atoms with Crippen LogP contribution < -0.4 is 0 Å². The van der Waals surface area contributed by atoms with Crippen LogP contribution in [-0.4, -0.2) is 23.9 Å². The number of carbonyl (C=O) groups is 1. The van der Waals surface area contributed by atoms with Gasteiger partial charge >= 0.3 is 0 Å². The molecule has 0 N–H and O–H groups in total. The number of amides is 1. The SMILES string of the molecule is C=C/C=C(\C=C)C1CCN(C(C)=O)C1. The van der Waals surface area contributed by atoms with Gasteiger partial charge in [0.05, 0.1) is 0 Å². The van der Waals surface area contributed by atoms with Crippen molar-refractivity contribution in [2.45, 2.75) is 13.3 Å². The van der Waals surface area contributed by atoms with Crippen molar-refractivity contribution in [2.24, 2.45) is 5.92 Å². The third-order valence-corrected chi connectivity index (χ3v) is 2.65. The van der Waals surface area contributed by atoms with Gasteiger partial charge in [0, 0.05) is 25.9 Å². The molecule has 1 heterocycles. The number of hydrogen-bond acceptors (Lipinski definition) is 1. The maximum Gasteiger partial charge on any atom is 0.219 e. The van der Waals surface area contributed by atoms with Crippen LogP contribution >= 0.6 is 0 Å². The lowest BCUT2D eigenvalue weighted by Gasteiger charge is -2.14. The largest absolute Gasteiger partial charge is 0.342 e. The summed E-state index contributed by atoms with van der Waals surface area (Å²) < 4.78 is 0. The second-order valence-electron chi connectivity index (χ2n) is 3.56. The first kappa shape index (κ1) is 10.8. The van der Waals surface area contributed by atoms with Gasteiger partial charge in [-0.05, 0) is 12.0 Å². The molecule has 0 aromatic carbocycles. The molecule has 0 aliphatic carbocycles. The number of nitrogens with zero attached hydrogens (tertiary/aromatic N) is 1. The summed E-state index contributed by atoms with van der Waals surface area (Å²) in [6, 6.07) is 0. The molecular weight excluding hydrogens is 174 g/mol. The summed E-state index contributed by atoms with van der Waals surface area (Å²) in [6.45, 7) is 10.7. The van der Waals surface area contributed by atoms with Gasteiger partial charge in [0.1, 0.15) is 0 Å². The molecule has 14 heavy (non-hydrogen) atoms. The van der Waals surface area contributed by atoms with Crippen molar-refractivity contribution >= 4 is 5.91 Å². The van der Waals surface area contributed by atoms with Gasteiger partial charge in [0.15, 0.2) is 0 Å². The van der Waals surface area contributed by atoms with Crippen molar-refractivity contribution in [3.63, 3.8) is 0 Å². The van der Waals surface area contributed by atoms with E-state index < -0.39 is 0 Å². The smallest absolute Gasteiger partial charge is 0.219 e. The molecule has 0 spiro atoms. The Kier molecular flexibility index (Phi) is 3.69. The summed E-state index contributed by atoms with van der Waals surface area (Å²) in [7, 11) is 0. The first-order chi connectivity index (χ1) is 6.69. The molecule has 0 aromatic rings. The van der Waals surface area contributed by atoms with Crippen LogP contribution in [0.5, 0.6) is 0 Å². The summed E-state index contributed by atoms with van der Waals surface area (Å²) in [5, 5.41) is 0. The lowest BCUT2D eigenvalue weighted by Crippen LogP contribution is -2.25. The van der Waals surface area contributed by atoms with Crippen LogP contribution in [0.3, 0.4) is 0 Å². The van der Waals surface area contributed by atoms with Crippen molar-refractivity contribution in [3.05, 3.63) is 37.0 Å². The third-order valence-electron chi connectivity index (χ3n) is 2.65. The standard InChI is InChI=1S/C12H17NO/c1-4-6-11(5-2)12-7-8-13(9-12)10(3)14/h4-6,12H,1-2,7-9H2,3H3/b11-6+. The molecule has 1 fully saturated rings. The Balaban J connectivity index is 2.64. The molecule has 76 valence electrons.